The summed E-state index contributed by atoms with van der Waals surface area (Å²) in [5.41, 5.74) is 8.36. The van der Waals surface area contributed by atoms with E-state index in [-0.39, 0.29) is 17.2 Å². The third kappa shape index (κ3) is 3.26. The van der Waals surface area contributed by atoms with E-state index in [1.165, 1.54) is 0 Å². The number of carbonyl (C=O) groups is 1. The summed E-state index contributed by atoms with van der Waals surface area (Å²) in [7, 11) is 0. The highest BCUT2D eigenvalue weighted by Crippen LogP contribution is 2.23. The molecule has 0 saturated heterocycles. The first kappa shape index (κ1) is 13.4. The Bertz CT molecular complexity index is 611. The van der Waals surface area contributed by atoms with Gasteiger partial charge in [0.1, 0.15) is 6.61 Å². The monoisotopic (exact) mass is 275 g/mol. The Kier molecular flexibility index (Phi) is 4.07. The van der Waals surface area contributed by atoms with Crippen LogP contribution in [0, 0.1) is 6.92 Å². The van der Waals surface area contributed by atoms with Gasteiger partial charge in [0.15, 0.2) is 0 Å². The molecule has 0 amide bonds. The largest absolute Gasteiger partial charge is 0.457 e. The van der Waals surface area contributed by atoms with Crippen molar-refractivity contribution in [3.63, 3.8) is 0 Å². The van der Waals surface area contributed by atoms with Gasteiger partial charge in [-0.25, -0.2) is 4.79 Å². The minimum atomic E-state index is -0.473. The van der Waals surface area contributed by atoms with Gasteiger partial charge in [0.05, 0.1) is 16.3 Å². The number of halogens is 1. The summed E-state index contributed by atoms with van der Waals surface area (Å²) in [6, 6.07) is 12.7. The van der Waals surface area contributed by atoms with Gasteiger partial charge in [-0.2, -0.15) is 0 Å². The number of esters is 1. The van der Waals surface area contributed by atoms with Gasteiger partial charge in [0.25, 0.3) is 0 Å². The average Bonchev–Trinajstić information content (AvgIpc) is 2.39. The molecule has 2 N–H and O–H groups in total. The van der Waals surface area contributed by atoms with Crippen LogP contribution in [0.1, 0.15) is 21.5 Å². The molecule has 0 bridgehead atoms. The smallest absolute Gasteiger partial charge is 0.340 e. The van der Waals surface area contributed by atoms with Gasteiger partial charge in [-0.05, 0) is 24.6 Å². The van der Waals surface area contributed by atoms with E-state index in [4.69, 9.17) is 22.1 Å². The molecule has 0 spiro atoms. The van der Waals surface area contributed by atoms with Crippen LogP contribution in [0.25, 0.3) is 0 Å². The third-order valence-electron chi connectivity index (χ3n) is 2.70. The lowest BCUT2D eigenvalue weighted by molar-refractivity contribution is 0.0473. The Morgan fingerprint density at radius 2 is 2.00 bits per heavy atom. The summed E-state index contributed by atoms with van der Waals surface area (Å²) in [4.78, 5) is 11.9. The van der Waals surface area contributed by atoms with E-state index >= 15 is 0 Å². The number of carbonyl (C=O) groups excluding carboxylic acids is 1. The zero-order valence-electron chi connectivity index (χ0n) is 10.5. The molecule has 0 aliphatic heterocycles. The van der Waals surface area contributed by atoms with Crippen molar-refractivity contribution in [2.45, 2.75) is 13.5 Å². The van der Waals surface area contributed by atoms with Gasteiger partial charge >= 0.3 is 5.97 Å². The summed E-state index contributed by atoms with van der Waals surface area (Å²) in [6.07, 6.45) is 0. The molecule has 0 aliphatic carbocycles. The number of hydrogen-bond acceptors (Lipinski definition) is 3. The molecule has 0 atom stereocenters. The van der Waals surface area contributed by atoms with Crippen molar-refractivity contribution in [3.05, 3.63) is 64.2 Å². The van der Waals surface area contributed by atoms with Crippen LogP contribution in [0.2, 0.25) is 5.02 Å². The van der Waals surface area contributed by atoms with Gasteiger partial charge in [0.2, 0.25) is 0 Å². The number of anilines is 1. The number of nitrogen functional groups attached to an aromatic ring is 1. The Hall–Kier alpha value is -2.00. The molecule has 0 aromatic heterocycles. The fraction of sp³-hybridized carbons (Fsp3) is 0.133. The van der Waals surface area contributed by atoms with Crippen molar-refractivity contribution < 1.29 is 9.53 Å². The topological polar surface area (TPSA) is 52.3 Å². The predicted molar refractivity (Wildman–Crippen MR) is 76.2 cm³/mol. The van der Waals surface area contributed by atoms with E-state index in [2.05, 4.69) is 0 Å². The maximum absolute atomic E-state index is 11.9. The summed E-state index contributed by atoms with van der Waals surface area (Å²) in [5.74, 6) is -0.473. The number of hydrogen-bond donors (Lipinski definition) is 1. The molecule has 4 heteroatoms. The normalized spacial score (nSPS) is 10.2. The number of ether oxygens (including phenoxy) is 1. The van der Waals surface area contributed by atoms with E-state index in [1.54, 1.807) is 18.2 Å². The fourth-order valence-corrected chi connectivity index (χ4v) is 1.94. The molecule has 0 saturated carbocycles. The van der Waals surface area contributed by atoms with E-state index < -0.39 is 5.97 Å². The van der Waals surface area contributed by atoms with Crippen LogP contribution in [0.3, 0.4) is 0 Å². The minimum Gasteiger partial charge on any atom is -0.457 e. The lowest BCUT2D eigenvalue weighted by atomic mass is 10.1. The van der Waals surface area contributed by atoms with Gasteiger partial charge in [0, 0.05) is 0 Å². The van der Waals surface area contributed by atoms with Crippen molar-refractivity contribution in [2.24, 2.45) is 0 Å². The summed E-state index contributed by atoms with van der Waals surface area (Å²) < 4.78 is 5.23. The Balaban J connectivity index is 2.08. The summed E-state index contributed by atoms with van der Waals surface area (Å²) in [6.45, 7) is 2.20. The predicted octanol–water partition coefficient (Wildman–Crippen LogP) is 3.59. The van der Waals surface area contributed by atoms with Crippen LogP contribution < -0.4 is 5.73 Å². The molecule has 98 valence electrons. The maximum atomic E-state index is 11.9. The standard InChI is InChI=1S/C15H14ClNO2/c1-10-4-2-5-11(8-10)9-19-15(18)12-6-3-7-13(17)14(12)16/h2-8H,9,17H2,1H3. The van der Waals surface area contributed by atoms with E-state index in [0.29, 0.717) is 5.69 Å². The molecule has 0 aliphatic rings. The highest BCUT2D eigenvalue weighted by atomic mass is 35.5. The first-order valence-electron chi connectivity index (χ1n) is 5.84. The zero-order chi connectivity index (χ0) is 13.8. The van der Waals surface area contributed by atoms with Crippen molar-refractivity contribution in [1.29, 1.82) is 0 Å². The van der Waals surface area contributed by atoms with Crippen LogP contribution in [0.15, 0.2) is 42.5 Å². The molecular weight excluding hydrogens is 262 g/mol. The average molecular weight is 276 g/mol. The minimum absolute atomic E-state index is 0.214. The molecule has 0 unspecified atom stereocenters. The van der Waals surface area contributed by atoms with Crippen LogP contribution in [-0.2, 0) is 11.3 Å². The number of benzene rings is 2. The Labute approximate surface area is 117 Å². The van der Waals surface area contributed by atoms with Crippen molar-refractivity contribution >= 4 is 23.3 Å². The lowest BCUT2D eigenvalue weighted by Gasteiger charge is -2.08. The molecule has 3 nitrogen and oxygen atoms in total. The van der Waals surface area contributed by atoms with Gasteiger partial charge < -0.3 is 10.5 Å². The summed E-state index contributed by atoms with van der Waals surface area (Å²) in [5, 5.41) is 0.233. The number of aryl methyl sites for hydroxylation is 1. The molecular formula is C15H14ClNO2. The molecule has 2 aromatic rings. The van der Waals surface area contributed by atoms with Gasteiger partial charge in [-0.15, -0.1) is 0 Å². The van der Waals surface area contributed by atoms with Crippen LogP contribution in [0.5, 0.6) is 0 Å². The van der Waals surface area contributed by atoms with Crippen LogP contribution in [-0.4, -0.2) is 5.97 Å². The lowest BCUT2D eigenvalue weighted by Crippen LogP contribution is -2.07. The van der Waals surface area contributed by atoms with Crippen molar-refractivity contribution in [3.8, 4) is 0 Å². The quantitative estimate of drug-likeness (QED) is 0.688. The molecule has 0 heterocycles. The maximum Gasteiger partial charge on any atom is 0.340 e. The van der Waals surface area contributed by atoms with E-state index in [9.17, 15) is 4.79 Å². The van der Waals surface area contributed by atoms with Crippen LogP contribution in [0.4, 0.5) is 5.69 Å². The van der Waals surface area contributed by atoms with E-state index in [0.717, 1.165) is 11.1 Å². The van der Waals surface area contributed by atoms with Gasteiger partial charge in [-0.1, -0.05) is 47.5 Å². The zero-order valence-corrected chi connectivity index (χ0v) is 11.3. The van der Waals surface area contributed by atoms with Crippen molar-refractivity contribution in [1.82, 2.24) is 0 Å². The molecule has 0 fully saturated rings. The SMILES string of the molecule is Cc1cccc(COC(=O)c2cccc(N)c2Cl)c1. The Morgan fingerprint density at radius 1 is 1.26 bits per heavy atom. The first-order chi connectivity index (χ1) is 9.08. The fourth-order valence-electron chi connectivity index (χ4n) is 1.74. The Morgan fingerprint density at radius 3 is 2.74 bits per heavy atom. The van der Waals surface area contributed by atoms with Crippen LogP contribution >= 0.6 is 11.6 Å². The second kappa shape index (κ2) is 5.76. The first-order valence-corrected chi connectivity index (χ1v) is 6.22. The highest BCUT2D eigenvalue weighted by Gasteiger charge is 2.13. The molecule has 0 radical (unpaired) electrons. The second-order valence-electron chi connectivity index (χ2n) is 4.27. The molecule has 2 aromatic carbocycles. The highest BCUT2D eigenvalue weighted by molar-refractivity contribution is 6.36. The van der Waals surface area contributed by atoms with E-state index in [1.807, 2.05) is 31.2 Å². The summed E-state index contributed by atoms with van der Waals surface area (Å²) >= 11 is 5.97. The molecule has 19 heavy (non-hydrogen) atoms. The van der Waals surface area contributed by atoms with Gasteiger partial charge in [-0.3, -0.25) is 0 Å². The second-order valence-corrected chi connectivity index (χ2v) is 4.65. The third-order valence-corrected chi connectivity index (χ3v) is 3.12. The van der Waals surface area contributed by atoms with Crippen molar-refractivity contribution in [2.75, 3.05) is 5.73 Å². The number of nitrogens with two attached hydrogens (primary N) is 1. The number of rotatable bonds is 3. The molecule has 2 rings (SSSR count).